The number of hydrogen-bond donors (Lipinski definition) is 0. The third-order valence-corrected chi connectivity index (χ3v) is 1.60. The summed E-state index contributed by atoms with van der Waals surface area (Å²) in [4.78, 5) is 9.94. The lowest BCUT2D eigenvalue weighted by atomic mass is 10.2. The van der Waals surface area contributed by atoms with Crippen LogP contribution < -0.4 is 0 Å². The van der Waals surface area contributed by atoms with Gasteiger partial charge in [0.15, 0.2) is 0 Å². The summed E-state index contributed by atoms with van der Waals surface area (Å²) in [6.45, 7) is 2.04. The largest absolute Gasteiger partial charge is 0.303 e. The van der Waals surface area contributed by atoms with Crippen molar-refractivity contribution in [1.29, 1.82) is 0 Å². The molecule has 0 aliphatic heterocycles. The van der Waals surface area contributed by atoms with Crippen LogP contribution in [-0.2, 0) is 4.79 Å². The summed E-state index contributed by atoms with van der Waals surface area (Å²) in [6, 6.07) is 0. The van der Waals surface area contributed by atoms with Gasteiger partial charge in [-0.2, -0.15) is 0 Å². The third kappa shape index (κ3) is 9.15. The Labute approximate surface area is 75.2 Å². The van der Waals surface area contributed by atoms with Gasteiger partial charge >= 0.3 is 0 Å². The van der Waals surface area contributed by atoms with Crippen LogP contribution in [0.1, 0.15) is 39.0 Å². The van der Waals surface area contributed by atoms with E-state index in [1.807, 2.05) is 6.92 Å². The molecule has 68 valence electrons. The molecule has 0 rings (SSSR count). The summed E-state index contributed by atoms with van der Waals surface area (Å²) in [5.41, 5.74) is 0. The first kappa shape index (κ1) is 11.2. The molecule has 0 bridgehead atoms. The minimum Gasteiger partial charge on any atom is -0.303 e. The topological polar surface area (TPSA) is 17.1 Å². The van der Waals surface area contributed by atoms with Gasteiger partial charge in [0.05, 0.1) is 0 Å². The van der Waals surface area contributed by atoms with Crippen LogP contribution in [0.2, 0.25) is 0 Å². The van der Waals surface area contributed by atoms with Crippen molar-refractivity contribution in [3.8, 4) is 0 Å². The maximum atomic E-state index is 9.94. The van der Waals surface area contributed by atoms with Crippen molar-refractivity contribution in [3.05, 3.63) is 24.3 Å². The maximum absolute atomic E-state index is 9.94. The SMILES string of the molecule is C/C=C/CCC/C=C/CCC=O. The summed E-state index contributed by atoms with van der Waals surface area (Å²) in [5.74, 6) is 0. The van der Waals surface area contributed by atoms with Crippen molar-refractivity contribution in [2.75, 3.05) is 0 Å². The Balaban J connectivity index is 3.07. The standard InChI is InChI=1S/C11H18O/c1-2-3-4-5-6-7-8-9-10-11-12/h2-3,7-8,11H,4-6,9-10H2,1H3/b3-2+,8-7+. The van der Waals surface area contributed by atoms with E-state index in [2.05, 4.69) is 24.3 Å². The van der Waals surface area contributed by atoms with Crippen LogP contribution in [0.5, 0.6) is 0 Å². The Morgan fingerprint density at radius 1 is 0.917 bits per heavy atom. The van der Waals surface area contributed by atoms with Gasteiger partial charge < -0.3 is 4.79 Å². The zero-order valence-electron chi connectivity index (χ0n) is 7.83. The van der Waals surface area contributed by atoms with Crippen LogP contribution in [0.4, 0.5) is 0 Å². The second kappa shape index (κ2) is 10.2. The van der Waals surface area contributed by atoms with Gasteiger partial charge in [0.2, 0.25) is 0 Å². The van der Waals surface area contributed by atoms with E-state index in [-0.39, 0.29) is 0 Å². The summed E-state index contributed by atoms with van der Waals surface area (Å²) in [5, 5.41) is 0. The highest BCUT2D eigenvalue weighted by molar-refractivity contribution is 5.49. The van der Waals surface area contributed by atoms with E-state index >= 15 is 0 Å². The number of hydrogen-bond acceptors (Lipinski definition) is 1. The molecule has 0 N–H and O–H groups in total. The molecule has 0 fully saturated rings. The number of carbonyl (C=O) groups is 1. The lowest BCUT2D eigenvalue weighted by Gasteiger charge is -1.89. The Kier molecular flexibility index (Phi) is 9.43. The van der Waals surface area contributed by atoms with Crippen molar-refractivity contribution in [1.82, 2.24) is 0 Å². The molecule has 0 saturated carbocycles. The molecule has 0 aliphatic carbocycles. The number of allylic oxidation sites excluding steroid dienone is 4. The zero-order valence-corrected chi connectivity index (χ0v) is 7.83. The Hall–Kier alpha value is -0.850. The van der Waals surface area contributed by atoms with E-state index in [0.29, 0.717) is 6.42 Å². The zero-order chi connectivity index (χ0) is 9.07. The molecule has 0 aromatic rings. The molecule has 0 atom stereocenters. The molecule has 1 nitrogen and oxygen atoms in total. The minimum atomic E-state index is 0.658. The van der Waals surface area contributed by atoms with E-state index in [9.17, 15) is 4.79 Å². The molecule has 0 heterocycles. The molecular formula is C11H18O. The van der Waals surface area contributed by atoms with Crippen molar-refractivity contribution >= 4 is 6.29 Å². The average molecular weight is 166 g/mol. The smallest absolute Gasteiger partial charge is 0.120 e. The van der Waals surface area contributed by atoms with Crippen LogP contribution in [0.25, 0.3) is 0 Å². The monoisotopic (exact) mass is 166 g/mol. The highest BCUT2D eigenvalue weighted by Crippen LogP contribution is 1.98. The molecule has 12 heavy (non-hydrogen) atoms. The number of rotatable bonds is 7. The van der Waals surface area contributed by atoms with Gasteiger partial charge in [0, 0.05) is 6.42 Å². The Morgan fingerprint density at radius 3 is 2.25 bits per heavy atom. The van der Waals surface area contributed by atoms with E-state index in [4.69, 9.17) is 0 Å². The first-order chi connectivity index (χ1) is 5.91. The van der Waals surface area contributed by atoms with Crippen LogP contribution in [-0.4, -0.2) is 6.29 Å². The van der Waals surface area contributed by atoms with Gasteiger partial charge in [-0.15, -0.1) is 0 Å². The summed E-state index contributed by atoms with van der Waals surface area (Å²) in [6.07, 6.45) is 14.5. The number of aldehydes is 1. The molecular weight excluding hydrogens is 148 g/mol. The maximum Gasteiger partial charge on any atom is 0.120 e. The van der Waals surface area contributed by atoms with Gasteiger partial charge in [-0.25, -0.2) is 0 Å². The van der Waals surface area contributed by atoms with E-state index < -0.39 is 0 Å². The molecule has 0 saturated heterocycles. The molecule has 0 spiro atoms. The highest BCUT2D eigenvalue weighted by atomic mass is 16.1. The molecule has 1 heteroatoms. The Morgan fingerprint density at radius 2 is 1.58 bits per heavy atom. The molecule has 0 aliphatic rings. The van der Waals surface area contributed by atoms with Crippen LogP contribution in [0.3, 0.4) is 0 Å². The van der Waals surface area contributed by atoms with Crippen molar-refractivity contribution < 1.29 is 4.79 Å². The lowest BCUT2D eigenvalue weighted by Crippen LogP contribution is -1.72. The van der Waals surface area contributed by atoms with Gasteiger partial charge in [-0.05, 0) is 32.6 Å². The Bertz CT molecular complexity index is 145. The van der Waals surface area contributed by atoms with Crippen LogP contribution in [0, 0.1) is 0 Å². The molecule has 0 amide bonds. The van der Waals surface area contributed by atoms with Gasteiger partial charge in [0.1, 0.15) is 6.29 Å². The second-order valence-electron chi connectivity index (χ2n) is 2.72. The van der Waals surface area contributed by atoms with Gasteiger partial charge in [0.25, 0.3) is 0 Å². The number of carbonyl (C=O) groups excluding carboxylic acids is 1. The lowest BCUT2D eigenvalue weighted by molar-refractivity contribution is -0.107. The summed E-state index contributed by atoms with van der Waals surface area (Å²) < 4.78 is 0. The first-order valence-corrected chi connectivity index (χ1v) is 4.61. The van der Waals surface area contributed by atoms with Crippen LogP contribution in [0.15, 0.2) is 24.3 Å². The fourth-order valence-electron chi connectivity index (χ4n) is 0.920. The summed E-state index contributed by atoms with van der Waals surface area (Å²) >= 11 is 0. The van der Waals surface area contributed by atoms with E-state index in [0.717, 1.165) is 25.5 Å². The summed E-state index contributed by atoms with van der Waals surface area (Å²) in [7, 11) is 0. The predicted octanol–water partition coefficient (Wildman–Crippen LogP) is 3.27. The minimum absolute atomic E-state index is 0.658. The third-order valence-electron chi connectivity index (χ3n) is 1.60. The van der Waals surface area contributed by atoms with Crippen LogP contribution >= 0.6 is 0 Å². The molecule has 0 radical (unpaired) electrons. The fraction of sp³-hybridized carbons (Fsp3) is 0.545. The van der Waals surface area contributed by atoms with Gasteiger partial charge in [-0.3, -0.25) is 0 Å². The fourth-order valence-corrected chi connectivity index (χ4v) is 0.920. The van der Waals surface area contributed by atoms with Crippen molar-refractivity contribution in [2.45, 2.75) is 39.0 Å². The average Bonchev–Trinajstić information content (AvgIpc) is 2.10. The second-order valence-corrected chi connectivity index (χ2v) is 2.72. The number of unbranched alkanes of at least 4 members (excludes halogenated alkanes) is 3. The van der Waals surface area contributed by atoms with E-state index in [1.165, 1.54) is 6.42 Å². The molecule has 0 aromatic heterocycles. The quantitative estimate of drug-likeness (QED) is 0.322. The first-order valence-electron chi connectivity index (χ1n) is 4.61. The van der Waals surface area contributed by atoms with Crippen molar-refractivity contribution in [2.24, 2.45) is 0 Å². The van der Waals surface area contributed by atoms with Gasteiger partial charge in [-0.1, -0.05) is 24.3 Å². The normalized spacial score (nSPS) is 11.4. The molecule has 0 aromatic carbocycles. The van der Waals surface area contributed by atoms with Crippen molar-refractivity contribution in [3.63, 3.8) is 0 Å². The van der Waals surface area contributed by atoms with E-state index in [1.54, 1.807) is 0 Å². The predicted molar refractivity (Wildman–Crippen MR) is 53.1 cm³/mol. The molecule has 0 unspecified atom stereocenters. The highest BCUT2D eigenvalue weighted by Gasteiger charge is 1.80.